The van der Waals surface area contributed by atoms with Crippen LogP contribution in [-0.4, -0.2) is 57.8 Å². The first-order valence-corrected chi connectivity index (χ1v) is 12.3. The number of thiophene rings is 1. The fourth-order valence-corrected chi connectivity index (χ4v) is 5.55. The molecule has 1 aromatic carbocycles. The largest absolute Gasteiger partial charge is 0.480 e. The van der Waals surface area contributed by atoms with Gasteiger partial charge in [-0.1, -0.05) is 24.0 Å². The van der Waals surface area contributed by atoms with Crippen molar-refractivity contribution in [3.05, 3.63) is 50.6 Å². The summed E-state index contributed by atoms with van der Waals surface area (Å²) in [5, 5.41) is 10.2. The SMILES string of the molecule is CN(CCCN1C(=O)/C(=C/c2cc(-c3cc(C(F)(F)F)cc(C(F)(F)F)c3)cs2)SC1=S)CC(=O)O. The molecule has 194 valence electrons. The minimum Gasteiger partial charge on any atom is -0.480 e. The summed E-state index contributed by atoms with van der Waals surface area (Å²) in [6.07, 6.45) is -7.94. The number of carboxylic acids is 1. The number of halogens is 6. The molecule has 1 amide bonds. The Morgan fingerprint density at radius 2 is 1.69 bits per heavy atom. The van der Waals surface area contributed by atoms with Crippen LogP contribution in [0.15, 0.2) is 34.6 Å². The molecule has 0 aliphatic carbocycles. The highest BCUT2D eigenvalue weighted by atomic mass is 32.2. The van der Waals surface area contributed by atoms with Gasteiger partial charge in [-0.05, 0) is 60.3 Å². The molecule has 36 heavy (non-hydrogen) atoms. The molecule has 0 atom stereocenters. The molecule has 1 aliphatic heterocycles. The monoisotopic (exact) mass is 568 g/mol. The smallest absolute Gasteiger partial charge is 0.416 e. The van der Waals surface area contributed by atoms with Gasteiger partial charge >= 0.3 is 18.3 Å². The second-order valence-electron chi connectivity index (χ2n) is 7.85. The Morgan fingerprint density at radius 1 is 1.08 bits per heavy atom. The van der Waals surface area contributed by atoms with Crippen LogP contribution in [0, 0.1) is 0 Å². The number of benzene rings is 1. The van der Waals surface area contributed by atoms with Crippen molar-refractivity contribution in [2.75, 3.05) is 26.7 Å². The number of hydrogen-bond donors (Lipinski definition) is 1. The molecule has 0 radical (unpaired) electrons. The number of carboxylic acid groups (broad SMARTS) is 1. The van der Waals surface area contributed by atoms with E-state index in [4.69, 9.17) is 17.3 Å². The van der Waals surface area contributed by atoms with Crippen molar-refractivity contribution < 1.29 is 41.0 Å². The Bertz CT molecular complexity index is 1170. The number of amides is 1. The van der Waals surface area contributed by atoms with Crippen LogP contribution in [0.4, 0.5) is 26.3 Å². The molecule has 0 unspecified atom stereocenters. The van der Waals surface area contributed by atoms with Gasteiger partial charge in [0.1, 0.15) is 4.32 Å². The zero-order valence-corrected chi connectivity index (χ0v) is 20.9. The maximum absolute atomic E-state index is 13.2. The van der Waals surface area contributed by atoms with Gasteiger partial charge in [0.15, 0.2) is 0 Å². The number of likely N-dealkylation sites (N-methyl/N-ethyl adjacent to an activating group) is 1. The number of aliphatic carboxylic acids is 1. The molecule has 1 saturated heterocycles. The summed E-state index contributed by atoms with van der Waals surface area (Å²) in [6, 6.07) is 2.79. The number of thioether (sulfide) groups is 1. The summed E-state index contributed by atoms with van der Waals surface area (Å²) in [5.41, 5.74) is -2.91. The van der Waals surface area contributed by atoms with Gasteiger partial charge in [-0.15, -0.1) is 11.3 Å². The van der Waals surface area contributed by atoms with Crippen LogP contribution < -0.4 is 0 Å². The Balaban J connectivity index is 1.78. The van der Waals surface area contributed by atoms with Gasteiger partial charge in [-0.25, -0.2) is 0 Å². The first kappa shape index (κ1) is 28.2. The lowest BCUT2D eigenvalue weighted by atomic mass is 10.0. The summed E-state index contributed by atoms with van der Waals surface area (Å²) in [6.45, 7) is 0.551. The predicted octanol–water partition coefficient (Wildman–Crippen LogP) is 6.06. The standard InChI is InChI=1S/C22H18F6N2O3S3/c1-29(10-18(31)32)3-2-4-30-19(33)17(36-20(30)34)9-16-7-13(11-35-16)12-5-14(21(23,24)25)8-15(6-12)22(26,27)28/h5-9,11H,2-4,10H2,1H3,(H,31,32)/b17-9-. The summed E-state index contributed by atoms with van der Waals surface area (Å²) in [5.74, 6) is -1.35. The minimum absolute atomic E-state index is 0.0710. The number of rotatable bonds is 8. The fourth-order valence-electron chi connectivity index (χ4n) is 3.33. The van der Waals surface area contributed by atoms with E-state index in [1.54, 1.807) is 11.9 Å². The second-order valence-corrected chi connectivity index (χ2v) is 10.5. The third kappa shape index (κ3) is 7.08. The van der Waals surface area contributed by atoms with Gasteiger partial charge in [-0.3, -0.25) is 19.4 Å². The highest BCUT2D eigenvalue weighted by Gasteiger charge is 2.37. The molecule has 5 nitrogen and oxygen atoms in total. The van der Waals surface area contributed by atoms with Crippen molar-refractivity contribution >= 4 is 57.6 Å². The van der Waals surface area contributed by atoms with Crippen LogP contribution in [0.2, 0.25) is 0 Å². The van der Waals surface area contributed by atoms with E-state index in [1.807, 2.05) is 0 Å². The Morgan fingerprint density at radius 3 is 2.25 bits per heavy atom. The summed E-state index contributed by atoms with van der Waals surface area (Å²) < 4.78 is 79.3. The van der Waals surface area contributed by atoms with Crippen molar-refractivity contribution in [2.24, 2.45) is 0 Å². The molecule has 1 N–H and O–H groups in total. The summed E-state index contributed by atoms with van der Waals surface area (Å²) in [4.78, 5) is 27.2. The molecule has 3 rings (SSSR count). The maximum Gasteiger partial charge on any atom is 0.416 e. The van der Waals surface area contributed by atoms with E-state index < -0.39 is 29.4 Å². The quantitative estimate of drug-likeness (QED) is 0.237. The average Bonchev–Trinajstić information content (AvgIpc) is 3.32. The van der Waals surface area contributed by atoms with E-state index in [0.717, 1.165) is 23.1 Å². The van der Waals surface area contributed by atoms with Crippen molar-refractivity contribution in [2.45, 2.75) is 18.8 Å². The molecule has 2 aromatic rings. The number of carbonyl (C=O) groups excluding carboxylic acids is 1. The number of hydrogen-bond acceptors (Lipinski definition) is 6. The van der Waals surface area contributed by atoms with E-state index in [1.165, 1.54) is 22.4 Å². The van der Waals surface area contributed by atoms with Crippen LogP contribution in [0.1, 0.15) is 22.4 Å². The molecule has 14 heteroatoms. The highest BCUT2D eigenvalue weighted by Crippen LogP contribution is 2.40. The van der Waals surface area contributed by atoms with Gasteiger partial charge in [0.05, 0.1) is 22.6 Å². The predicted molar refractivity (Wildman–Crippen MR) is 129 cm³/mol. The zero-order valence-electron chi connectivity index (χ0n) is 18.4. The Labute approximate surface area is 215 Å². The molecule has 0 bridgehead atoms. The van der Waals surface area contributed by atoms with Crippen LogP contribution in [-0.2, 0) is 21.9 Å². The first-order chi connectivity index (χ1) is 16.6. The Hall–Kier alpha value is -2.42. The van der Waals surface area contributed by atoms with E-state index in [2.05, 4.69) is 0 Å². The lowest BCUT2D eigenvalue weighted by Gasteiger charge is -2.17. The minimum atomic E-state index is -4.95. The normalized spacial score (nSPS) is 16.0. The Kier molecular flexibility index (Phi) is 8.53. The molecular weight excluding hydrogens is 550 g/mol. The third-order valence-corrected chi connectivity index (χ3v) is 7.27. The third-order valence-electron chi connectivity index (χ3n) is 5.01. The van der Waals surface area contributed by atoms with E-state index in [0.29, 0.717) is 34.3 Å². The van der Waals surface area contributed by atoms with Crippen LogP contribution >= 0.6 is 35.3 Å². The number of nitrogens with zero attached hydrogens (tertiary/aromatic N) is 2. The molecule has 1 fully saturated rings. The summed E-state index contributed by atoms with van der Waals surface area (Å²) >= 11 is 7.34. The number of thiocarbonyl (C=S) groups is 1. The van der Waals surface area contributed by atoms with Crippen LogP contribution in [0.25, 0.3) is 17.2 Å². The molecule has 1 aromatic heterocycles. The van der Waals surface area contributed by atoms with E-state index in [9.17, 15) is 35.9 Å². The second kappa shape index (κ2) is 10.9. The van der Waals surface area contributed by atoms with Crippen molar-refractivity contribution in [1.82, 2.24) is 9.80 Å². The molecule has 1 aliphatic rings. The van der Waals surface area contributed by atoms with Crippen LogP contribution in [0.3, 0.4) is 0 Å². The van der Waals surface area contributed by atoms with Crippen molar-refractivity contribution in [3.63, 3.8) is 0 Å². The number of carbonyl (C=O) groups is 2. The molecule has 2 heterocycles. The van der Waals surface area contributed by atoms with Crippen molar-refractivity contribution in [3.8, 4) is 11.1 Å². The number of alkyl halides is 6. The zero-order chi connectivity index (χ0) is 26.8. The highest BCUT2D eigenvalue weighted by molar-refractivity contribution is 8.26. The van der Waals surface area contributed by atoms with Gasteiger partial charge in [0.2, 0.25) is 0 Å². The summed E-state index contributed by atoms with van der Waals surface area (Å²) in [7, 11) is 1.63. The van der Waals surface area contributed by atoms with Gasteiger partial charge in [0.25, 0.3) is 5.91 Å². The fraction of sp³-hybridized carbons (Fsp3) is 0.318. The lowest BCUT2D eigenvalue weighted by Crippen LogP contribution is -2.33. The first-order valence-electron chi connectivity index (χ1n) is 10.2. The molecule has 0 spiro atoms. The van der Waals surface area contributed by atoms with E-state index in [-0.39, 0.29) is 41.1 Å². The average molecular weight is 569 g/mol. The maximum atomic E-state index is 13.2. The topological polar surface area (TPSA) is 60.9 Å². The van der Waals surface area contributed by atoms with Crippen LogP contribution in [0.5, 0.6) is 0 Å². The molecular formula is C22H18F6N2O3S3. The lowest BCUT2D eigenvalue weighted by molar-refractivity contribution is -0.143. The van der Waals surface area contributed by atoms with Gasteiger partial charge < -0.3 is 5.11 Å². The van der Waals surface area contributed by atoms with E-state index >= 15 is 0 Å². The van der Waals surface area contributed by atoms with Crippen molar-refractivity contribution in [1.29, 1.82) is 0 Å². The molecule has 0 saturated carbocycles. The van der Waals surface area contributed by atoms with Gasteiger partial charge in [0, 0.05) is 18.0 Å². The van der Waals surface area contributed by atoms with Gasteiger partial charge in [-0.2, -0.15) is 26.3 Å².